The van der Waals surface area contributed by atoms with Crippen LogP contribution in [0.4, 0.5) is 5.69 Å². The number of carbonyl (C=O) groups excluding carboxylic acids is 2. The van der Waals surface area contributed by atoms with Crippen molar-refractivity contribution in [1.82, 2.24) is 9.80 Å². The Bertz CT molecular complexity index is 528. The van der Waals surface area contributed by atoms with Crippen LogP contribution >= 0.6 is 0 Å². The average Bonchev–Trinajstić information content (AvgIpc) is 2.87. The van der Waals surface area contributed by atoms with E-state index in [4.69, 9.17) is 0 Å². The number of benzene rings is 1. The van der Waals surface area contributed by atoms with Gasteiger partial charge in [0, 0.05) is 25.7 Å². The maximum atomic E-state index is 12.3. The Labute approximate surface area is 125 Å². The van der Waals surface area contributed by atoms with Gasteiger partial charge < -0.3 is 15.1 Å². The van der Waals surface area contributed by atoms with Gasteiger partial charge in [-0.05, 0) is 44.6 Å². The van der Waals surface area contributed by atoms with E-state index < -0.39 is 0 Å². The summed E-state index contributed by atoms with van der Waals surface area (Å²) in [5, 5.41) is 2.93. The summed E-state index contributed by atoms with van der Waals surface area (Å²) in [6, 6.07) is 7.49. The van der Waals surface area contributed by atoms with Crippen LogP contribution in [0.3, 0.4) is 0 Å². The predicted molar refractivity (Wildman–Crippen MR) is 82.9 cm³/mol. The average molecular weight is 289 g/mol. The molecule has 0 spiro atoms. The second kappa shape index (κ2) is 6.72. The van der Waals surface area contributed by atoms with Crippen molar-refractivity contribution in [2.24, 2.45) is 0 Å². The summed E-state index contributed by atoms with van der Waals surface area (Å²) in [6.07, 6.45) is 1.63. The maximum Gasteiger partial charge on any atom is 0.247 e. The van der Waals surface area contributed by atoms with Gasteiger partial charge in [-0.15, -0.1) is 0 Å². The molecule has 1 atom stereocenters. The molecular weight excluding hydrogens is 266 g/mol. The number of anilines is 1. The maximum absolute atomic E-state index is 12.3. The summed E-state index contributed by atoms with van der Waals surface area (Å²) < 4.78 is 0. The molecule has 0 aliphatic carbocycles. The summed E-state index contributed by atoms with van der Waals surface area (Å²) in [7, 11) is 4.02. The number of hydrogen-bond acceptors (Lipinski definition) is 3. The van der Waals surface area contributed by atoms with Crippen LogP contribution in [0.5, 0.6) is 0 Å². The zero-order chi connectivity index (χ0) is 15.4. The number of hydrogen-bond donors (Lipinski definition) is 1. The van der Waals surface area contributed by atoms with Crippen molar-refractivity contribution in [2.75, 3.05) is 26.0 Å². The Kier molecular flexibility index (Phi) is 4.96. The fourth-order valence-electron chi connectivity index (χ4n) is 2.75. The lowest BCUT2D eigenvalue weighted by Gasteiger charge is -2.22. The number of likely N-dealkylation sites (tertiary alicyclic amines) is 1. The van der Waals surface area contributed by atoms with Crippen molar-refractivity contribution in [3.63, 3.8) is 0 Å². The van der Waals surface area contributed by atoms with Crippen LogP contribution in [0.2, 0.25) is 0 Å². The van der Waals surface area contributed by atoms with E-state index in [1.807, 2.05) is 38.4 Å². The third-order valence-corrected chi connectivity index (χ3v) is 3.65. The number of carbonyl (C=O) groups is 2. The lowest BCUT2D eigenvalue weighted by Crippen LogP contribution is -2.42. The van der Waals surface area contributed by atoms with Crippen molar-refractivity contribution < 1.29 is 9.59 Å². The molecule has 0 radical (unpaired) electrons. The van der Waals surface area contributed by atoms with Crippen LogP contribution < -0.4 is 5.32 Å². The van der Waals surface area contributed by atoms with Crippen LogP contribution in [-0.2, 0) is 16.1 Å². The molecule has 5 nitrogen and oxygen atoms in total. The molecule has 114 valence electrons. The SMILES string of the molecule is CC(=O)N1CCCC1C(=O)Nc1cccc(CN(C)C)c1. The summed E-state index contributed by atoms with van der Waals surface area (Å²) >= 11 is 0. The van der Waals surface area contributed by atoms with E-state index in [1.54, 1.807) is 4.90 Å². The largest absolute Gasteiger partial charge is 0.331 e. The van der Waals surface area contributed by atoms with Gasteiger partial charge in [-0.2, -0.15) is 0 Å². The molecule has 1 heterocycles. The normalized spacial score (nSPS) is 18.1. The van der Waals surface area contributed by atoms with E-state index in [-0.39, 0.29) is 17.9 Å². The molecule has 0 bridgehead atoms. The minimum absolute atomic E-state index is 0.0333. The molecule has 5 heteroatoms. The van der Waals surface area contributed by atoms with E-state index >= 15 is 0 Å². The summed E-state index contributed by atoms with van der Waals surface area (Å²) in [5.41, 5.74) is 1.93. The lowest BCUT2D eigenvalue weighted by atomic mass is 10.1. The highest BCUT2D eigenvalue weighted by Gasteiger charge is 2.32. The first kappa shape index (κ1) is 15.5. The van der Waals surface area contributed by atoms with Gasteiger partial charge in [0.2, 0.25) is 11.8 Å². The van der Waals surface area contributed by atoms with Crippen LogP contribution in [0.15, 0.2) is 24.3 Å². The summed E-state index contributed by atoms with van der Waals surface area (Å²) in [5.74, 6) is -0.126. The van der Waals surface area contributed by atoms with Crippen LogP contribution in [0.1, 0.15) is 25.3 Å². The third kappa shape index (κ3) is 4.04. The Balaban J connectivity index is 2.04. The van der Waals surface area contributed by atoms with Gasteiger partial charge in [-0.3, -0.25) is 9.59 Å². The topological polar surface area (TPSA) is 52.7 Å². The van der Waals surface area contributed by atoms with E-state index in [0.29, 0.717) is 6.54 Å². The number of nitrogens with one attached hydrogen (secondary N) is 1. The molecule has 1 aromatic carbocycles. The Hall–Kier alpha value is -1.88. The molecule has 1 fully saturated rings. The molecule has 2 rings (SSSR count). The second-order valence-corrected chi connectivity index (χ2v) is 5.80. The van der Waals surface area contributed by atoms with Gasteiger partial charge in [0.05, 0.1) is 0 Å². The molecule has 1 saturated heterocycles. The van der Waals surface area contributed by atoms with Crippen molar-refractivity contribution in [1.29, 1.82) is 0 Å². The molecule has 0 saturated carbocycles. The minimum atomic E-state index is -0.333. The molecule has 0 aromatic heterocycles. The van der Waals surface area contributed by atoms with Gasteiger partial charge >= 0.3 is 0 Å². The van der Waals surface area contributed by atoms with Crippen LogP contribution in [-0.4, -0.2) is 48.3 Å². The highest BCUT2D eigenvalue weighted by atomic mass is 16.2. The Morgan fingerprint density at radius 2 is 2.14 bits per heavy atom. The van der Waals surface area contributed by atoms with Gasteiger partial charge in [-0.1, -0.05) is 12.1 Å². The molecule has 2 amide bonds. The Morgan fingerprint density at radius 1 is 1.38 bits per heavy atom. The standard InChI is InChI=1S/C16H23N3O2/c1-12(20)19-9-5-8-15(19)16(21)17-14-7-4-6-13(10-14)11-18(2)3/h4,6-7,10,15H,5,8-9,11H2,1-3H3,(H,17,21). The zero-order valence-electron chi connectivity index (χ0n) is 12.9. The zero-order valence-corrected chi connectivity index (χ0v) is 12.9. The van der Waals surface area contributed by atoms with Gasteiger partial charge in [0.25, 0.3) is 0 Å². The lowest BCUT2D eigenvalue weighted by molar-refractivity contribution is -0.134. The highest BCUT2D eigenvalue weighted by Crippen LogP contribution is 2.20. The molecular formula is C16H23N3O2. The van der Waals surface area contributed by atoms with E-state index in [0.717, 1.165) is 30.6 Å². The van der Waals surface area contributed by atoms with Gasteiger partial charge in [-0.25, -0.2) is 0 Å². The van der Waals surface area contributed by atoms with Gasteiger partial charge in [0.1, 0.15) is 6.04 Å². The monoisotopic (exact) mass is 289 g/mol. The van der Waals surface area contributed by atoms with Crippen LogP contribution in [0.25, 0.3) is 0 Å². The fraction of sp³-hybridized carbons (Fsp3) is 0.500. The van der Waals surface area contributed by atoms with E-state index in [2.05, 4.69) is 10.2 Å². The third-order valence-electron chi connectivity index (χ3n) is 3.65. The quantitative estimate of drug-likeness (QED) is 0.918. The Morgan fingerprint density at radius 3 is 2.81 bits per heavy atom. The van der Waals surface area contributed by atoms with Gasteiger partial charge in [0.15, 0.2) is 0 Å². The van der Waals surface area contributed by atoms with Crippen LogP contribution in [0, 0.1) is 0 Å². The number of rotatable bonds is 4. The van der Waals surface area contributed by atoms with E-state index in [1.165, 1.54) is 6.92 Å². The smallest absolute Gasteiger partial charge is 0.247 e. The molecule has 1 aliphatic rings. The number of amides is 2. The van der Waals surface area contributed by atoms with Crippen molar-refractivity contribution in [2.45, 2.75) is 32.4 Å². The van der Waals surface area contributed by atoms with Crippen molar-refractivity contribution >= 4 is 17.5 Å². The summed E-state index contributed by atoms with van der Waals surface area (Å²) in [6.45, 7) is 3.02. The second-order valence-electron chi connectivity index (χ2n) is 5.80. The minimum Gasteiger partial charge on any atom is -0.331 e. The molecule has 1 aliphatic heterocycles. The summed E-state index contributed by atoms with van der Waals surface area (Å²) in [4.78, 5) is 27.6. The van der Waals surface area contributed by atoms with Crippen molar-refractivity contribution in [3.8, 4) is 0 Å². The first-order chi connectivity index (χ1) is 9.97. The first-order valence-electron chi connectivity index (χ1n) is 7.29. The molecule has 1 unspecified atom stereocenters. The highest BCUT2D eigenvalue weighted by molar-refractivity contribution is 5.97. The van der Waals surface area contributed by atoms with Crippen molar-refractivity contribution in [3.05, 3.63) is 29.8 Å². The molecule has 21 heavy (non-hydrogen) atoms. The fourth-order valence-corrected chi connectivity index (χ4v) is 2.75. The predicted octanol–water partition coefficient (Wildman–Crippen LogP) is 1.70. The van der Waals surface area contributed by atoms with E-state index in [9.17, 15) is 9.59 Å². The molecule has 1 N–H and O–H groups in total. The number of nitrogens with zero attached hydrogens (tertiary/aromatic N) is 2. The molecule has 1 aromatic rings. The first-order valence-corrected chi connectivity index (χ1v) is 7.29.